The van der Waals surface area contributed by atoms with Gasteiger partial charge in [-0.25, -0.2) is 0 Å². The Balaban J connectivity index is 1.97. The summed E-state index contributed by atoms with van der Waals surface area (Å²) in [5.41, 5.74) is 0. The van der Waals surface area contributed by atoms with Crippen LogP contribution in [0.1, 0.15) is 42.0 Å². The van der Waals surface area contributed by atoms with Gasteiger partial charge in [-0.05, 0) is 38.3 Å². The highest BCUT2D eigenvalue weighted by molar-refractivity contribution is 7.12. The second-order valence-electron chi connectivity index (χ2n) is 4.17. The van der Waals surface area contributed by atoms with Crippen molar-refractivity contribution in [2.24, 2.45) is 0 Å². The molecular weight excluding hydrogens is 216 g/mol. The van der Waals surface area contributed by atoms with Crippen molar-refractivity contribution in [1.29, 1.82) is 5.26 Å². The molecule has 0 radical (unpaired) electrons. The third-order valence-corrected chi connectivity index (χ3v) is 4.05. The van der Waals surface area contributed by atoms with E-state index in [9.17, 15) is 0 Å². The lowest BCUT2D eigenvalue weighted by atomic mass is 10.0. The first kappa shape index (κ1) is 11.4. The van der Waals surface area contributed by atoms with E-state index < -0.39 is 0 Å². The molecule has 0 saturated carbocycles. The number of hydrogen-bond donors (Lipinski definition) is 1. The molecule has 0 aromatic carbocycles. The molecule has 2 atom stereocenters. The van der Waals surface area contributed by atoms with Crippen LogP contribution in [0.2, 0.25) is 0 Å². The first-order valence-electron chi connectivity index (χ1n) is 5.72. The van der Waals surface area contributed by atoms with Gasteiger partial charge in [-0.15, -0.1) is 11.3 Å². The minimum atomic E-state index is 0.333. The fourth-order valence-corrected chi connectivity index (χ4v) is 2.82. The minimum Gasteiger partial charge on any atom is -0.303 e. The first-order valence-corrected chi connectivity index (χ1v) is 6.54. The summed E-state index contributed by atoms with van der Waals surface area (Å²) in [5, 5.41) is 12.4. The van der Waals surface area contributed by atoms with Gasteiger partial charge in [0.25, 0.3) is 0 Å². The molecule has 1 aliphatic carbocycles. The molecule has 84 valence electrons. The van der Waals surface area contributed by atoms with E-state index in [1.807, 2.05) is 12.1 Å². The highest BCUT2D eigenvalue weighted by atomic mass is 32.1. The Labute approximate surface area is 101 Å². The van der Waals surface area contributed by atoms with Crippen molar-refractivity contribution in [3.63, 3.8) is 0 Å². The summed E-state index contributed by atoms with van der Waals surface area (Å²) in [6.45, 7) is 2.16. The quantitative estimate of drug-likeness (QED) is 0.811. The van der Waals surface area contributed by atoms with Crippen LogP contribution in [0.5, 0.6) is 0 Å². The largest absolute Gasteiger partial charge is 0.303 e. The van der Waals surface area contributed by atoms with E-state index >= 15 is 0 Å². The number of allylic oxidation sites excluding steroid dienone is 1. The molecule has 1 aromatic rings. The van der Waals surface area contributed by atoms with Gasteiger partial charge in [-0.2, -0.15) is 5.26 Å². The van der Waals surface area contributed by atoms with Gasteiger partial charge in [-0.3, -0.25) is 0 Å². The summed E-state index contributed by atoms with van der Waals surface area (Å²) in [6.07, 6.45) is 8.22. The van der Waals surface area contributed by atoms with Crippen LogP contribution in [0.15, 0.2) is 24.3 Å². The van der Waals surface area contributed by atoms with Crippen LogP contribution in [0.25, 0.3) is 0 Å². The monoisotopic (exact) mass is 232 g/mol. The summed E-state index contributed by atoms with van der Waals surface area (Å²) in [7, 11) is 0. The second-order valence-corrected chi connectivity index (χ2v) is 5.28. The maximum atomic E-state index is 8.78. The van der Waals surface area contributed by atoms with E-state index in [0.29, 0.717) is 12.1 Å². The van der Waals surface area contributed by atoms with E-state index in [4.69, 9.17) is 5.26 Å². The molecule has 0 spiro atoms. The normalized spacial score (nSPS) is 21.6. The average molecular weight is 232 g/mol. The van der Waals surface area contributed by atoms with Gasteiger partial charge in [0.05, 0.1) is 0 Å². The molecule has 0 aliphatic heterocycles. The van der Waals surface area contributed by atoms with Crippen LogP contribution in [0.3, 0.4) is 0 Å². The first-order chi connectivity index (χ1) is 7.79. The fraction of sp³-hybridized carbons (Fsp3) is 0.462. The maximum Gasteiger partial charge on any atom is 0.110 e. The van der Waals surface area contributed by atoms with Crippen LogP contribution in [-0.4, -0.2) is 6.04 Å². The van der Waals surface area contributed by atoms with Crippen molar-refractivity contribution < 1.29 is 0 Å². The van der Waals surface area contributed by atoms with Gasteiger partial charge in [0, 0.05) is 17.0 Å². The predicted octanol–water partition coefficient (Wildman–Crippen LogP) is 3.38. The molecule has 3 heteroatoms. The van der Waals surface area contributed by atoms with E-state index in [1.165, 1.54) is 24.1 Å². The molecule has 0 amide bonds. The van der Waals surface area contributed by atoms with Gasteiger partial charge in [-0.1, -0.05) is 12.2 Å². The van der Waals surface area contributed by atoms with Crippen LogP contribution >= 0.6 is 11.3 Å². The zero-order valence-electron chi connectivity index (χ0n) is 9.44. The van der Waals surface area contributed by atoms with Crippen molar-refractivity contribution >= 4 is 11.3 Å². The Bertz CT molecular complexity index is 414. The summed E-state index contributed by atoms with van der Waals surface area (Å²) < 4.78 is 0. The van der Waals surface area contributed by atoms with Crippen molar-refractivity contribution in [1.82, 2.24) is 5.32 Å². The molecule has 0 bridgehead atoms. The van der Waals surface area contributed by atoms with E-state index in [-0.39, 0.29) is 0 Å². The third kappa shape index (κ3) is 2.72. The highest BCUT2D eigenvalue weighted by Crippen LogP contribution is 2.24. The smallest absolute Gasteiger partial charge is 0.110 e. The van der Waals surface area contributed by atoms with Crippen molar-refractivity contribution in [3.05, 3.63) is 34.0 Å². The number of rotatable bonds is 3. The standard InChI is InChI=1S/C13H16N2S/c1-10(13-8-7-12(9-14)16-13)15-11-5-3-2-4-6-11/h3,5,7-8,10-11,15H,2,4,6H2,1H3. The zero-order chi connectivity index (χ0) is 11.4. The molecule has 16 heavy (non-hydrogen) atoms. The van der Waals surface area contributed by atoms with Crippen LogP contribution < -0.4 is 5.32 Å². The van der Waals surface area contributed by atoms with E-state index in [1.54, 1.807) is 11.3 Å². The lowest BCUT2D eigenvalue weighted by molar-refractivity contribution is 0.471. The fourth-order valence-electron chi connectivity index (χ4n) is 2.00. The summed E-state index contributed by atoms with van der Waals surface area (Å²) >= 11 is 1.58. The average Bonchev–Trinajstić information content (AvgIpc) is 2.79. The molecule has 1 N–H and O–H groups in total. The van der Waals surface area contributed by atoms with Gasteiger partial charge in [0.2, 0.25) is 0 Å². The van der Waals surface area contributed by atoms with Crippen LogP contribution in [-0.2, 0) is 0 Å². The van der Waals surface area contributed by atoms with Crippen LogP contribution in [0.4, 0.5) is 0 Å². The number of thiophene rings is 1. The summed E-state index contributed by atoms with van der Waals surface area (Å²) in [5.74, 6) is 0. The SMILES string of the molecule is CC(NC1C=CCCC1)c1ccc(C#N)s1. The van der Waals surface area contributed by atoms with Gasteiger partial charge in [0.15, 0.2) is 0 Å². The molecule has 1 heterocycles. The molecule has 2 unspecified atom stereocenters. The molecule has 1 aliphatic rings. The second kappa shape index (κ2) is 5.29. The van der Waals surface area contributed by atoms with Gasteiger partial charge >= 0.3 is 0 Å². The van der Waals surface area contributed by atoms with Crippen LogP contribution in [0, 0.1) is 11.3 Å². The molecular formula is C13H16N2S. The minimum absolute atomic E-state index is 0.333. The molecule has 2 nitrogen and oxygen atoms in total. The Kier molecular flexibility index (Phi) is 3.76. The topological polar surface area (TPSA) is 35.8 Å². The molecule has 1 aromatic heterocycles. The number of nitrogens with one attached hydrogen (secondary N) is 1. The van der Waals surface area contributed by atoms with E-state index in [2.05, 4.69) is 30.5 Å². The Hall–Kier alpha value is -1.11. The molecule has 0 fully saturated rings. The highest BCUT2D eigenvalue weighted by Gasteiger charge is 2.14. The van der Waals surface area contributed by atoms with Crippen molar-refractivity contribution in [3.8, 4) is 6.07 Å². The third-order valence-electron chi connectivity index (χ3n) is 2.88. The van der Waals surface area contributed by atoms with Crippen molar-refractivity contribution in [2.45, 2.75) is 38.3 Å². The Morgan fingerprint density at radius 2 is 2.44 bits per heavy atom. The molecule has 2 rings (SSSR count). The van der Waals surface area contributed by atoms with Gasteiger partial charge < -0.3 is 5.32 Å². The Morgan fingerprint density at radius 3 is 3.06 bits per heavy atom. The molecule has 0 saturated heterocycles. The lowest BCUT2D eigenvalue weighted by Crippen LogP contribution is -2.30. The van der Waals surface area contributed by atoms with Gasteiger partial charge in [0.1, 0.15) is 10.9 Å². The van der Waals surface area contributed by atoms with Crippen molar-refractivity contribution in [2.75, 3.05) is 0 Å². The van der Waals surface area contributed by atoms with E-state index in [0.717, 1.165) is 4.88 Å². The number of nitriles is 1. The predicted molar refractivity (Wildman–Crippen MR) is 67.4 cm³/mol. The summed E-state index contributed by atoms with van der Waals surface area (Å²) in [4.78, 5) is 2.04. The Morgan fingerprint density at radius 1 is 1.56 bits per heavy atom. The number of hydrogen-bond acceptors (Lipinski definition) is 3. The zero-order valence-corrected chi connectivity index (χ0v) is 10.3. The maximum absolute atomic E-state index is 8.78. The lowest BCUT2D eigenvalue weighted by Gasteiger charge is -2.22. The number of nitrogens with zero attached hydrogens (tertiary/aromatic N) is 1. The summed E-state index contributed by atoms with van der Waals surface area (Å²) in [6, 6.07) is 6.96.